The Balaban J connectivity index is 2.05. The maximum atomic E-state index is 11.5. The summed E-state index contributed by atoms with van der Waals surface area (Å²) in [6, 6.07) is 20.1. The molecule has 0 bridgehead atoms. The second-order valence-corrected chi connectivity index (χ2v) is 5.51. The van der Waals surface area contributed by atoms with E-state index in [4.69, 9.17) is 4.74 Å². The first-order valence-electron chi connectivity index (χ1n) is 8.00. The summed E-state index contributed by atoms with van der Waals surface area (Å²) in [5, 5.41) is 18.7. The SMILES string of the molecule is O=C(O)c1cccc(C(=O)O)c1Oc1ccccc1C#Cc1ccccc1. The zero-order valence-corrected chi connectivity index (χ0v) is 14.0. The van der Waals surface area contributed by atoms with Crippen LogP contribution in [0.15, 0.2) is 72.8 Å². The lowest BCUT2D eigenvalue weighted by Crippen LogP contribution is -2.07. The number of hydrogen-bond acceptors (Lipinski definition) is 3. The lowest BCUT2D eigenvalue weighted by Gasteiger charge is -2.12. The van der Waals surface area contributed by atoms with Crippen LogP contribution in [0.4, 0.5) is 0 Å². The number of hydrogen-bond donors (Lipinski definition) is 2. The van der Waals surface area contributed by atoms with Crippen LogP contribution >= 0.6 is 0 Å². The summed E-state index contributed by atoms with van der Waals surface area (Å²) in [6.45, 7) is 0. The van der Waals surface area contributed by atoms with Crippen LogP contribution in [0, 0.1) is 11.8 Å². The van der Waals surface area contributed by atoms with E-state index in [0.29, 0.717) is 5.56 Å². The van der Waals surface area contributed by atoms with Crippen LogP contribution in [0.25, 0.3) is 0 Å². The molecule has 132 valence electrons. The van der Waals surface area contributed by atoms with Crippen LogP contribution in [0.1, 0.15) is 31.8 Å². The zero-order valence-electron chi connectivity index (χ0n) is 14.0. The van der Waals surface area contributed by atoms with Crippen LogP contribution < -0.4 is 4.74 Å². The van der Waals surface area contributed by atoms with E-state index in [1.165, 1.54) is 18.2 Å². The highest BCUT2D eigenvalue weighted by molar-refractivity contribution is 5.99. The Bertz CT molecular complexity index is 1030. The Morgan fingerprint density at radius 1 is 0.704 bits per heavy atom. The van der Waals surface area contributed by atoms with E-state index in [1.54, 1.807) is 24.3 Å². The molecule has 0 spiro atoms. The molecule has 3 aromatic carbocycles. The molecule has 3 rings (SSSR count). The minimum atomic E-state index is -1.28. The van der Waals surface area contributed by atoms with E-state index in [0.717, 1.165) is 5.56 Å². The van der Waals surface area contributed by atoms with Gasteiger partial charge in [-0.15, -0.1) is 0 Å². The van der Waals surface area contributed by atoms with Gasteiger partial charge in [0.05, 0.1) is 5.56 Å². The van der Waals surface area contributed by atoms with E-state index in [9.17, 15) is 19.8 Å². The van der Waals surface area contributed by atoms with Gasteiger partial charge >= 0.3 is 11.9 Å². The fourth-order valence-electron chi connectivity index (χ4n) is 2.41. The first kappa shape index (κ1) is 17.8. The molecule has 27 heavy (non-hydrogen) atoms. The summed E-state index contributed by atoms with van der Waals surface area (Å²) in [4.78, 5) is 23.0. The van der Waals surface area contributed by atoms with Crippen LogP contribution in [-0.2, 0) is 0 Å². The van der Waals surface area contributed by atoms with E-state index in [2.05, 4.69) is 11.8 Å². The highest BCUT2D eigenvalue weighted by Gasteiger charge is 2.21. The average molecular weight is 358 g/mol. The van der Waals surface area contributed by atoms with Gasteiger partial charge in [0, 0.05) is 5.56 Å². The molecule has 0 aliphatic heterocycles. The van der Waals surface area contributed by atoms with Crippen molar-refractivity contribution in [3.63, 3.8) is 0 Å². The van der Waals surface area contributed by atoms with Gasteiger partial charge in [0.25, 0.3) is 0 Å². The molecule has 0 heterocycles. The van der Waals surface area contributed by atoms with E-state index < -0.39 is 11.9 Å². The number of benzene rings is 3. The smallest absolute Gasteiger partial charge is 0.339 e. The maximum absolute atomic E-state index is 11.5. The molecule has 0 aliphatic carbocycles. The van der Waals surface area contributed by atoms with Crippen molar-refractivity contribution in [2.45, 2.75) is 0 Å². The number of carboxylic acid groups (broad SMARTS) is 2. The van der Waals surface area contributed by atoms with Gasteiger partial charge in [-0.25, -0.2) is 9.59 Å². The Morgan fingerprint density at radius 3 is 1.93 bits per heavy atom. The van der Waals surface area contributed by atoms with Crippen LogP contribution in [0.5, 0.6) is 11.5 Å². The molecule has 2 N–H and O–H groups in total. The van der Waals surface area contributed by atoms with Gasteiger partial charge in [-0.3, -0.25) is 0 Å². The third-order valence-electron chi connectivity index (χ3n) is 3.69. The summed E-state index contributed by atoms with van der Waals surface area (Å²) < 4.78 is 5.72. The van der Waals surface area contributed by atoms with Crippen molar-refractivity contribution in [3.8, 4) is 23.3 Å². The highest BCUT2D eigenvalue weighted by atomic mass is 16.5. The first-order valence-corrected chi connectivity index (χ1v) is 8.00. The minimum Gasteiger partial charge on any atom is -0.478 e. The molecular formula is C22H14O5. The Hall–Kier alpha value is -4.04. The van der Waals surface area contributed by atoms with Crippen molar-refractivity contribution in [1.29, 1.82) is 0 Å². The molecule has 0 amide bonds. The predicted octanol–water partition coefficient (Wildman–Crippen LogP) is 4.28. The standard InChI is InChI=1S/C22H14O5/c23-21(24)17-10-6-11-18(22(25)26)20(17)27-19-12-5-4-9-16(19)14-13-15-7-2-1-3-8-15/h1-12H,(H,23,24)(H,25,26). The average Bonchev–Trinajstić information content (AvgIpc) is 2.68. The van der Waals surface area contributed by atoms with Gasteiger partial charge < -0.3 is 14.9 Å². The number of carbonyl (C=O) groups is 2. The fourth-order valence-corrected chi connectivity index (χ4v) is 2.41. The molecule has 3 aromatic rings. The summed E-state index contributed by atoms with van der Waals surface area (Å²) in [6.07, 6.45) is 0. The summed E-state index contributed by atoms with van der Waals surface area (Å²) in [7, 11) is 0. The quantitative estimate of drug-likeness (QED) is 0.680. The fraction of sp³-hybridized carbons (Fsp3) is 0. The number of aromatic carboxylic acids is 2. The largest absolute Gasteiger partial charge is 0.478 e. The second kappa shape index (κ2) is 7.89. The monoisotopic (exact) mass is 358 g/mol. The van der Waals surface area contributed by atoms with Crippen LogP contribution in [-0.4, -0.2) is 22.2 Å². The number of carboxylic acids is 2. The van der Waals surface area contributed by atoms with Crippen LogP contribution in [0.2, 0.25) is 0 Å². The van der Waals surface area contributed by atoms with Crippen molar-refractivity contribution >= 4 is 11.9 Å². The first-order chi connectivity index (χ1) is 13.1. The lowest BCUT2D eigenvalue weighted by molar-refractivity contribution is 0.0692. The minimum absolute atomic E-state index is 0.230. The van der Waals surface area contributed by atoms with E-state index in [-0.39, 0.29) is 22.6 Å². The third-order valence-corrected chi connectivity index (χ3v) is 3.69. The topological polar surface area (TPSA) is 83.8 Å². The van der Waals surface area contributed by atoms with Gasteiger partial charge in [-0.05, 0) is 36.4 Å². The number of rotatable bonds is 4. The number of ether oxygens (including phenoxy) is 1. The van der Waals surface area contributed by atoms with E-state index >= 15 is 0 Å². The molecule has 0 aliphatic rings. The molecule has 5 nitrogen and oxygen atoms in total. The molecule has 5 heteroatoms. The van der Waals surface area contributed by atoms with Gasteiger partial charge in [0.2, 0.25) is 0 Å². The highest BCUT2D eigenvalue weighted by Crippen LogP contribution is 2.31. The Kier molecular flexibility index (Phi) is 5.20. The van der Waals surface area contributed by atoms with E-state index in [1.807, 2.05) is 30.3 Å². The predicted molar refractivity (Wildman–Crippen MR) is 99.3 cm³/mol. The second-order valence-electron chi connectivity index (χ2n) is 5.51. The maximum Gasteiger partial charge on any atom is 0.339 e. The van der Waals surface area contributed by atoms with Crippen molar-refractivity contribution < 1.29 is 24.5 Å². The van der Waals surface area contributed by atoms with Crippen molar-refractivity contribution in [2.75, 3.05) is 0 Å². The van der Waals surface area contributed by atoms with Gasteiger partial charge in [0.15, 0.2) is 5.75 Å². The molecule has 0 atom stereocenters. The number of para-hydroxylation sites is 2. The molecule has 0 fully saturated rings. The zero-order chi connectivity index (χ0) is 19.2. The molecule has 0 saturated heterocycles. The molecule has 0 unspecified atom stereocenters. The van der Waals surface area contributed by atoms with Crippen molar-refractivity contribution in [3.05, 3.63) is 95.1 Å². The van der Waals surface area contributed by atoms with Crippen LogP contribution in [0.3, 0.4) is 0 Å². The van der Waals surface area contributed by atoms with Gasteiger partial charge in [-0.2, -0.15) is 0 Å². The lowest BCUT2D eigenvalue weighted by atomic mass is 10.1. The summed E-state index contributed by atoms with van der Waals surface area (Å²) in [5.41, 5.74) is 0.851. The molecule has 0 saturated carbocycles. The Labute approximate surface area is 155 Å². The molecule has 0 radical (unpaired) electrons. The summed E-state index contributed by atoms with van der Waals surface area (Å²) >= 11 is 0. The van der Waals surface area contributed by atoms with Gasteiger partial charge in [-0.1, -0.05) is 48.2 Å². The van der Waals surface area contributed by atoms with Crippen molar-refractivity contribution in [2.24, 2.45) is 0 Å². The Morgan fingerprint density at radius 2 is 1.30 bits per heavy atom. The van der Waals surface area contributed by atoms with Crippen molar-refractivity contribution in [1.82, 2.24) is 0 Å². The summed E-state index contributed by atoms with van der Waals surface area (Å²) in [5.74, 6) is 3.47. The molecular weight excluding hydrogens is 344 g/mol. The van der Waals surface area contributed by atoms with Gasteiger partial charge in [0.1, 0.15) is 16.9 Å². The normalized spacial score (nSPS) is 9.78. The molecule has 0 aromatic heterocycles. The third kappa shape index (κ3) is 4.14.